The van der Waals surface area contributed by atoms with E-state index >= 15 is 0 Å². The summed E-state index contributed by atoms with van der Waals surface area (Å²) in [4.78, 5) is 0. The topological polar surface area (TPSA) is 21.3 Å². The highest BCUT2D eigenvalue weighted by atomic mass is 16.5. The van der Waals surface area contributed by atoms with Crippen LogP contribution in [-0.2, 0) is 4.74 Å². The molecule has 1 aliphatic carbocycles. The van der Waals surface area contributed by atoms with E-state index in [4.69, 9.17) is 4.74 Å². The molecule has 2 rings (SSSR count). The Morgan fingerprint density at radius 1 is 1.21 bits per heavy atom. The lowest BCUT2D eigenvalue weighted by atomic mass is 9.72. The maximum atomic E-state index is 6.14. The molecular weight excluding hydrogens is 234 g/mol. The molecule has 1 saturated heterocycles. The lowest BCUT2D eigenvalue weighted by Gasteiger charge is -2.42. The van der Waals surface area contributed by atoms with Crippen molar-refractivity contribution in [2.45, 2.75) is 83.8 Å². The Kier molecular flexibility index (Phi) is 5.70. The van der Waals surface area contributed by atoms with E-state index in [1.807, 2.05) is 0 Å². The highest BCUT2D eigenvalue weighted by Gasteiger charge is 2.42. The van der Waals surface area contributed by atoms with E-state index in [0.29, 0.717) is 6.04 Å². The fourth-order valence-corrected chi connectivity index (χ4v) is 4.16. The molecule has 0 amide bonds. The fourth-order valence-electron chi connectivity index (χ4n) is 4.16. The number of nitrogens with one attached hydrogen (secondary N) is 1. The summed E-state index contributed by atoms with van der Waals surface area (Å²) in [6.07, 6.45) is 10.7. The first kappa shape index (κ1) is 15.3. The Morgan fingerprint density at radius 2 is 1.95 bits per heavy atom. The van der Waals surface area contributed by atoms with Gasteiger partial charge < -0.3 is 10.1 Å². The summed E-state index contributed by atoms with van der Waals surface area (Å²) in [7, 11) is 0. The first-order chi connectivity index (χ1) is 9.19. The second kappa shape index (κ2) is 7.08. The van der Waals surface area contributed by atoms with Crippen molar-refractivity contribution in [1.82, 2.24) is 5.32 Å². The van der Waals surface area contributed by atoms with Gasteiger partial charge in [0.2, 0.25) is 0 Å². The van der Waals surface area contributed by atoms with E-state index < -0.39 is 0 Å². The van der Waals surface area contributed by atoms with Gasteiger partial charge in [-0.05, 0) is 57.4 Å². The number of hydrogen-bond donors (Lipinski definition) is 1. The van der Waals surface area contributed by atoms with Crippen LogP contribution in [0.1, 0.15) is 72.1 Å². The zero-order valence-corrected chi connectivity index (χ0v) is 13.2. The molecule has 2 aliphatic rings. The van der Waals surface area contributed by atoms with Gasteiger partial charge in [-0.3, -0.25) is 0 Å². The number of rotatable bonds is 6. The van der Waals surface area contributed by atoms with Crippen molar-refractivity contribution >= 4 is 0 Å². The van der Waals surface area contributed by atoms with Gasteiger partial charge in [0.25, 0.3) is 0 Å². The Bertz CT molecular complexity index is 252. The monoisotopic (exact) mass is 267 g/mol. The lowest BCUT2D eigenvalue weighted by Crippen LogP contribution is -2.53. The molecule has 0 aromatic rings. The minimum atomic E-state index is 0.0961. The van der Waals surface area contributed by atoms with E-state index in [1.54, 1.807) is 0 Å². The van der Waals surface area contributed by atoms with Crippen LogP contribution in [0.2, 0.25) is 0 Å². The summed E-state index contributed by atoms with van der Waals surface area (Å²) in [6, 6.07) is 0.577. The molecule has 0 bridgehead atoms. The molecule has 2 nitrogen and oxygen atoms in total. The molecule has 2 fully saturated rings. The molecule has 2 unspecified atom stereocenters. The average molecular weight is 267 g/mol. The van der Waals surface area contributed by atoms with Crippen molar-refractivity contribution < 1.29 is 4.74 Å². The highest BCUT2D eigenvalue weighted by Crippen LogP contribution is 2.39. The number of hydrogen-bond acceptors (Lipinski definition) is 2. The van der Waals surface area contributed by atoms with Crippen LogP contribution in [0.25, 0.3) is 0 Å². The molecule has 112 valence electrons. The molecule has 1 aliphatic heterocycles. The van der Waals surface area contributed by atoms with E-state index in [-0.39, 0.29) is 5.60 Å². The minimum Gasteiger partial charge on any atom is -0.374 e. The van der Waals surface area contributed by atoms with Crippen LogP contribution in [-0.4, -0.2) is 24.8 Å². The van der Waals surface area contributed by atoms with Crippen LogP contribution >= 0.6 is 0 Å². The third-order valence-electron chi connectivity index (χ3n) is 5.46. The molecule has 1 saturated carbocycles. The SMILES string of the molecule is CCCNC(C1CCC(CC)CC1)C1(C)CCCO1. The molecule has 0 spiro atoms. The predicted molar refractivity (Wildman–Crippen MR) is 81.4 cm³/mol. The van der Waals surface area contributed by atoms with Gasteiger partial charge in [0, 0.05) is 12.6 Å². The largest absolute Gasteiger partial charge is 0.374 e. The maximum absolute atomic E-state index is 6.14. The Morgan fingerprint density at radius 3 is 2.47 bits per heavy atom. The Balaban J connectivity index is 1.97. The molecule has 0 aromatic heterocycles. The van der Waals surface area contributed by atoms with Gasteiger partial charge in [-0.1, -0.05) is 33.1 Å². The molecule has 0 radical (unpaired) electrons. The van der Waals surface area contributed by atoms with Crippen molar-refractivity contribution in [3.8, 4) is 0 Å². The van der Waals surface area contributed by atoms with Crippen molar-refractivity contribution in [2.75, 3.05) is 13.2 Å². The third kappa shape index (κ3) is 3.72. The van der Waals surface area contributed by atoms with Crippen LogP contribution in [0.5, 0.6) is 0 Å². The van der Waals surface area contributed by atoms with Gasteiger partial charge in [-0.2, -0.15) is 0 Å². The first-order valence-electron chi connectivity index (χ1n) is 8.57. The van der Waals surface area contributed by atoms with Crippen molar-refractivity contribution in [2.24, 2.45) is 11.8 Å². The van der Waals surface area contributed by atoms with Crippen LogP contribution in [0.3, 0.4) is 0 Å². The highest BCUT2D eigenvalue weighted by molar-refractivity contribution is 4.97. The van der Waals surface area contributed by atoms with E-state index in [9.17, 15) is 0 Å². The smallest absolute Gasteiger partial charge is 0.0810 e. The fraction of sp³-hybridized carbons (Fsp3) is 1.00. The summed E-state index contributed by atoms with van der Waals surface area (Å²) in [5, 5.41) is 3.83. The van der Waals surface area contributed by atoms with Crippen LogP contribution < -0.4 is 5.32 Å². The molecule has 0 aromatic carbocycles. The Labute approximate surface area is 119 Å². The van der Waals surface area contributed by atoms with Crippen molar-refractivity contribution in [1.29, 1.82) is 0 Å². The average Bonchev–Trinajstić information content (AvgIpc) is 2.87. The van der Waals surface area contributed by atoms with Crippen LogP contribution in [0.4, 0.5) is 0 Å². The maximum Gasteiger partial charge on any atom is 0.0810 e. The van der Waals surface area contributed by atoms with Gasteiger partial charge in [0.15, 0.2) is 0 Å². The van der Waals surface area contributed by atoms with Crippen molar-refractivity contribution in [3.05, 3.63) is 0 Å². The molecule has 1 N–H and O–H groups in total. The van der Waals surface area contributed by atoms with Gasteiger partial charge in [-0.25, -0.2) is 0 Å². The predicted octanol–water partition coefficient (Wildman–Crippen LogP) is 4.14. The minimum absolute atomic E-state index is 0.0961. The van der Waals surface area contributed by atoms with Crippen LogP contribution in [0.15, 0.2) is 0 Å². The summed E-state index contributed by atoms with van der Waals surface area (Å²) in [6.45, 7) is 9.05. The second-order valence-corrected chi connectivity index (χ2v) is 6.89. The summed E-state index contributed by atoms with van der Waals surface area (Å²) in [5.74, 6) is 1.82. The third-order valence-corrected chi connectivity index (χ3v) is 5.46. The van der Waals surface area contributed by atoms with Gasteiger partial charge >= 0.3 is 0 Å². The summed E-state index contributed by atoms with van der Waals surface area (Å²) < 4.78 is 6.14. The lowest BCUT2D eigenvalue weighted by molar-refractivity contribution is -0.0358. The first-order valence-corrected chi connectivity index (χ1v) is 8.57. The van der Waals surface area contributed by atoms with E-state index in [1.165, 1.54) is 51.4 Å². The molecule has 2 atom stereocenters. The number of ether oxygens (including phenoxy) is 1. The molecule has 19 heavy (non-hydrogen) atoms. The summed E-state index contributed by atoms with van der Waals surface area (Å²) >= 11 is 0. The Hall–Kier alpha value is -0.0800. The standard InChI is InChI=1S/C17H33NO/c1-4-12-18-16(17(3)11-6-13-19-17)15-9-7-14(5-2)8-10-15/h14-16,18H,4-13H2,1-3H3. The van der Waals surface area contributed by atoms with Gasteiger partial charge in [0.1, 0.15) is 0 Å². The quantitative estimate of drug-likeness (QED) is 0.781. The zero-order valence-electron chi connectivity index (χ0n) is 13.2. The van der Waals surface area contributed by atoms with Gasteiger partial charge in [0.05, 0.1) is 5.60 Å². The molecular formula is C17H33NO. The molecule has 1 heterocycles. The van der Waals surface area contributed by atoms with E-state index in [2.05, 4.69) is 26.1 Å². The summed E-state index contributed by atoms with van der Waals surface area (Å²) in [5.41, 5.74) is 0.0961. The second-order valence-electron chi connectivity index (χ2n) is 6.89. The van der Waals surface area contributed by atoms with Gasteiger partial charge in [-0.15, -0.1) is 0 Å². The normalized spacial score (nSPS) is 37.4. The molecule has 2 heteroatoms. The zero-order chi connectivity index (χ0) is 13.7. The van der Waals surface area contributed by atoms with Crippen molar-refractivity contribution in [3.63, 3.8) is 0 Å². The van der Waals surface area contributed by atoms with E-state index in [0.717, 1.165) is 25.0 Å². The van der Waals surface area contributed by atoms with Crippen LogP contribution in [0, 0.1) is 11.8 Å².